The molecule has 0 saturated carbocycles. The van der Waals surface area contributed by atoms with Crippen molar-refractivity contribution >= 4 is 40.5 Å². The first-order valence-corrected chi connectivity index (χ1v) is 10.2. The molecule has 0 spiro atoms. The zero-order valence-electron chi connectivity index (χ0n) is 15.4. The van der Waals surface area contributed by atoms with Crippen molar-refractivity contribution in [3.63, 3.8) is 0 Å². The third-order valence-electron chi connectivity index (χ3n) is 4.17. The number of thioether (sulfide) groups is 1. The van der Waals surface area contributed by atoms with Crippen LogP contribution in [0.15, 0.2) is 29.3 Å². The van der Waals surface area contributed by atoms with Crippen LogP contribution < -0.4 is 0 Å². The van der Waals surface area contributed by atoms with Crippen LogP contribution in [0.1, 0.15) is 40.0 Å². The Bertz CT molecular complexity index is 794. The summed E-state index contributed by atoms with van der Waals surface area (Å²) in [5, 5.41) is 1.12. The second-order valence-electron chi connectivity index (χ2n) is 7.44. The van der Waals surface area contributed by atoms with E-state index < -0.39 is 5.60 Å². The fourth-order valence-electron chi connectivity index (χ4n) is 2.96. The summed E-state index contributed by atoms with van der Waals surface area (Å²) in [5.41, 5.74) is 1.13. The molecule has 1 aromatic heterocycles. The average molecular weight is 394 g/mol. The van der Waals surface area contributed by atoms with Gasteiger partial charge in [-0.25, -0.2) is 14.8 Å². The Labute approximate surface area is 163 Å². The van der Waals surface area contributed by atoms with E-state index in [1.54, 1.807) is 11.8 Å². The van der Waals surface area contributed by atoms with Gasteiger partial charge in [-0.15, -0.1) is 11.8 Å². The van der Waals surface area contributed by atoms with E-state index in [1.165, 1.54) is 0 Å². The highest BCUT2D eigenvalue weighted by Crippen LogP contribution is 2.30. The Balaban J connectivity index is 1.70. The van der Waals surface area contributed by atoms with Crippen molar-refractivity contribution in [2.45, 2.75) is 56.7 Å². The van der Waals surface area contributed by atoms with Crippen molar-refractivity contribution in [2.24, 2.45) is 0 Å². The van der Waals surface area contributed by atoms with Crippen LogP contribution in [0.2, 0.25) is 5.15 Å². The number of hydrogen-bond donors (Lipinski definition) is 0. The summed E-state index contributed by atoms with van der Waals surface area (Å²) < 4.78 is 5.56. The van der Waals surface area contributed by atoms with Crippen LogP contribution in [-0.4, -0.2) is 44.9 Å². The number of ether oxygens (including phenoxy) is 1. The zero-order valence-corrected chi connectivity index (χ0v) is 16.9. The standard InChI is InChI=1S/C19H24ClN3O2S/c1-19(2,3)25-18(24)23-11-7-6-8-13(23)12-26-17-16(20)21-14-9-4-5-10-15(14)22-17/h4-5,9-10,13H,6-8,11-12H2,1-3H3/t13-/m0/s1. The van der Waals surface area contributed by atoms with Crippen LogP contribution in [0.4, 0.5) is 4.79 Å². The van der Waals surface area contributed by atoms with Gasteiger partial charge in [0.25, 0.3) is 0 Å². The van der Waals surface area contributed by atoms with Crippen molar-refractivity contribution in [1.29, 1.82) is 0 Å². The van der Waals surface area contributed by atoms with E-state index in [0.29, 0.717) is 10.2 Å². The lowest BCUT2D eigenvalue weighted by atomic mass is 10.0. The van der Waals surface area contributed by atoms with Crippen LogP contribution in [0.3, 0.4) is 0 Å². The lowest BCUT2D eigenvalue weighted by Crippen LogP contribution is -2.47. The monoisotopic (exact) mass is 393 g/mol. The van der Waals surface area contributed by atoms with Gasteiger partial charge >= 0.3 is 6.09 Å². The highest BCUT2D eigenvalue weighted by atomic mass is 35.5. The van der Waals surface area contributed by atoms with Crippen LogP contribution in [0.5, 0.6) is 0 Å². The number of aromatic nitrogens is 2. The summed E-state index contributed by atoms with van der Waals surface area (Å²) in [7, 11) is 0. The number of piperidine rings is 1. The van der Waals surface area contributed by atoms with Gasteiger partial charge in [0.15, 0.2) is 5.15 Å². The summed E-state index contributed by atoms with van der Waals surface area (Å²) in [6.07, 6.45) is 2.85. The molecule has 5 nitrogen and oxygen atoms in total. The molecule has 0 unspecified atom stereocenters. The molecular weight excluding hydrogens is 370 g/mol. The lowest BCUT2D eigenvalue weighted by Gasteiger charge is -2.36. The fraction of sp³-hybridized carbons (Fsp3) is 0.526. The van der Waals surface area contributed by atoms with E-state index in [9.17, 15) is 4.79 Å². The van der Waals surface area contributed by atoms with Crippen LogP contribution >= 0.6 is 23.4 Å². The van der Waals surface area contributed by atoms with Gasteiger partial charge in [0.05, 0.1) is 11.0 Å². The minimum atomic E-state index is -0.487. The molecule has 0 aliphatic carbocycles. The van der Waals surface area contributed by atoms with Gasteiger partial charge in [0.1, 0.15) is 10.6 Å². The topological polar surface area (TPSA) is 55.3 Å². The van der Waals surface area contributed by atoms with Gasteiger partial charge in [0.2, 0.25) is 0 Å². The Morgan fingerprint density at radius 2 is 1.96 bits per heavy atom. The number of amides is 1. The van der Waals surface area contributed by atoms with Crippen LogP contribution in [-0.2, 0) is 4.74 Å². The summed E-state index contributed by atoms with van der Waals surface area (Å²) in [4.78, 5) is 23.4. The molecule has 0 bridgehead atoms. The fourth-order valence-corrected chi connectivity index (χ4v) is 4.29. The molecule has 0 N–H and O–H groups in total. The molecule has 1 aliphatic rings. The second-order valence-corrected chi connectivity index (χ2v) is 8.81. The number of nitrogens with zero attached hydrogens (tertiary/aromatic N) is 3. The quantitative estimate of drug-likeness (QED) is 0.673. The van der Waals surface area contributed by atoms with Crippen LogP contribution in [0.25, 0.3) is 11.0 Å². The molecule has 140 valence electrons. The Morgan fingerprint density at radius 1 is 1.27 bits per heavy atom. The smallest absolute Gasteiger partial charge is 0.410 e. The summed E-state index contributed by atoms with van der Waals surface area (Å²) in [5.74, 6) is 0.728. The van der Waals surface area contributed by atoms with Crippen molar-refractivity contribution in [3.05, 3.63) is 29.4 Å². The molecule has 26 heavy (non-hydrogen) atoms. The predicted molar refractivity (Wildman–Crippen MR) is 106 cm³/mol. The highest BCUT2D eigenvalue weighted by Gasteiger charge is 2.30. The number of hydrogen-bond acceptors (Lipinski definition) is 5. The molecule has 1 amide bonds. The molecule has 1 saturated heterocycles. The van der Waals surface area contributed by atoms with Crippen molar-refractivity contribution in [2.75, 3.05) is 12.3 Å². The minimum Gasteiger partial charge on any atom is -0.444 e. The number of likely N-dealkylation sites (tertiary alicyclic amines) is 1. The number of carbonyl (C=O) groups excluding carboxylic acids is 1. The van der Waals surface area contributed by atoms with E-state index in [1.807, 2.05) is 49.9 Å². The van der Waals surface area contributed by atoms with E-state index in [-0.39, 0.29) is 12.1 Å². The molecule has 0 radical (unpaired) electrons. The van der Waals surface area contributed by atoms with Crippen molar-refractivity contribution in [1.82, 2.24) is 14.9 Å². The van der Waals surface area contributed by atoms with Crippen molar-refractivity contribution in [3.8, 4) is 0 Å². The van der Waals surface area contributed by atoms with Crippen molar-refractivity contribution < 1.29 is 9.53 Å². The number of para-hydroxylation sites is 2. The largest absolute Gasteiger partial charge is 0.444 e. The summed E-state index contributed by atoms with van der Waals surface area (Å²) in [6, 6.07) is 7.80. The first-order chi connectivity index (χ1) is 12.3. The van der Waals surface area contributed by atoms with E-state index in [2.05, 4.69) is 9.97 Å². The van der Waals surface area contributed by atoms with Gasteiger partial charge in [0, 0.05) is 18.3 Å². The Morgan fingerprint density at radius 3 is 2.65 bits per heavy atom. The maximum atomic E-state index is 12.5. The van der Waals surface area contributed by atoms with Gasteiger partial charge in [-0.2, -0.15) is 0 Å². The number of benzene rings is 1. The van der Waals surface area contributed by atoms with Gasteiger partial charge in [-0.3, -0.25) is 0 Å². The molecule has 2 aromatic rings. The molecule has 1 aromatic carbocycles. The predicted octanol–water partition coefficient (Wildman–Crippen LogP) is 5.16. The molecule has 2 heterocycles. The molecule has 1 aliphatic heterocycles. The van der Waals surface area contributed by atoms with Gasteiger partial charge in [-0.05, 0) is 52.2 Å². The number of fused-ring (bicyclic) bond motifs is 1. The van der Waals surface area contributed by atoms with E-state index in [0.717, 1.165) is 42.6 Å². The third kappa shape index (κ3) is 4.80. The number of carbonyl (C=O) groups is 1. The first kappa shape index (κ1) is 19.2. The minimum absolute atomic E-state index is 0.118. The molecule has 1 fully saturated rings. The maximum absolute atomic E-state index is 12.5. The third-order valence-corrected chi connectivity index (χ3v) is 5.65. The summed E-state index contributed by atoms with van der Waals surface area (Å²) >= 11 is 7.86. The molecular formula is C19H24ClN3O2S. The number of rotatable bonds is 3. The van der Waals surface area contributed by atoms with E-state index in [4.69, 9.17) is 16.3 Å². The first-order valence-electron chi connectivity index (χ1n) is 8.88. The summed E-state index contributed by atoms with van der Waals surface area (Å²) in [6.45, 7) is 6.41. The average Bonchev–Trinajstić information content (AvgIpc) is 2.58. The van der Waals surface area contributed by atoms with E-state index >= 15 is 0 Å². The maximum Gasteiger partial charge on any atom is 0.410 e. The highest BCUT2D eigenvalue weighted by molar-refractivity contribution is 7.99. The van der Waals surface area contributed by atoms with Gasteiger partial charge < -0.3 is 9.64 Å². The molecule has 1 atom stereocenters. The normalized spacial score (nSPS) is 18.2. The van der Waals surface area contributed by atoms with Gasteiger partial charge in [-0.1, -0.05) is 23.7 Å². The zero-order chi connectivity index (χ0) is 18.7. The molecule has 3 rings (SSSR count). The SMILES string of the molecule is CC(C)(C)OC(=O)N1CCCC[C@H]1CSc1nc2ccccc2nc1Cl. The number of halogens is 1. The Hall–Kier alpha value is -1.53. The second kappa shape index (κ2) is 8.01. The Kier molecular flexibility index (Phi) is 5.92. The molecule has 7 heteroatoms. The lowest BCUT2D eigenvalue weighted by molar-refractivity contribution is 0.0126. The van der Waals surface area contributed by atoms with Crippen LogP contribution in [0, 0.1) is 0 Å².